The van der Waals surface area contributed by atoms with Gasteiger partial charge in [-0.05, 0) is 12.1 Å². The maximum atomic E-state index is 13.3. The fourth-order valence-electron chi connectivity index (χ4n) is 1.58. The van der Waals surface area contributed by atoms with Crippen molar-refractivity contribution in [3.63, 3.8) is 0 Å². The lowest BCUT2D eigenvalue weighted by molar-refractivity contribution is 0.282. The first-order valence-electron chi connectivity index (χ1n) is 5.84. The summed E-state index contributed by atoms with van der Waals surface area (Å²) in [6.07, 6.45) is 0. The van der Waals surface area contributed by atoms with Crippen LogP contribution < -0.4 is 10.1 Å². The zero-order valence-electron chi connectivity index (χ0n) is 10.3. The number of anilines is 1. The highest BCUT2D eigenvalue weighted by atomic mass is 19.2. The quantitative estimate of drug-likeness (QED) is 0.513. The summed E-state index contributed by atoms with van der Waals surface area (Å²) < 4.78 is 57.1. The molecule has 1 N–H and O–H groups in total. The van der Waals surface area contributed by atoms with Crippen molar-refractivity contribution < 1.29 is 22.3 Å². The first-order chi connectivity index (χ1) is 9.59. The van der Waals surface area contributed by atoms with Gasteiger partial charge in [0.05, 0.1) is 0 Å². The van der Waals surface area contributed by atoms with Crippen LogP contribution in [0.2, 0.25) is 0 Å². The highest BCUT2D eigenvalue weighted by Crippen LogP contribution is 2.26. The molecule has 2 nitrogen and oxygen atoms in total. The van der Waals surface area contributed by atoms with Gasteiger partial charge in [0, 0.05) is 18.3 Å². The van der Waals surface area contributed by atoms with Crippen molar-refractivity contribution in [2.45, 2.75) is 0 Å². The summed E-state index contributed by atoms with van der Waals surface area (Å²) in [5.74, 6) is -7.10. The molecule has 20 heavy (non-hydrogen) atoms. The van der Waals surface area contributed by atoms with Crippen molar-refractivity contribution >= 4 is 5.69 Å². The van der Waals surface area contributed by atoms with Gasteiger partial charge < -0.3 is 10.1 Å². The van der Waals surface area contributed by atoms with E-state index >= 15 is 0 Å². The molecule has 2 aromatic rings. The molecule has 0 aliphatic heterocycles. The highest BCUT2D eigenvalue weighted by molar-refractivity contribution is 5.42. The van der Waals surface area contributed by atoms with Gasteiger partial charge in [-0.25, -0.2) is 8.78 Å². The molecule has 0 aliphatic rings. The van der Waals surface area contributed by atoms with Crippen LogP contribution in [0.4, 0.5) is 23.2 Å². The molecular weight excluding hydrogens is 274 g/mol. The Balaban J connectivity index is 1.95. The number of halogens is 4. The van der Waals surface area contributed by atoms with Crippen LogP contribution in [0.3, 0.4) is 0 Å². The lowest BCUT2D eigenvalue weighted by Crippen LogP contribution is -2.13. The summed E-state index contributed by atoms with van der Waals surface area (Å²) in [5.41, 5.74) is 0.794. The Kier molecular flexibility index (Phi) is 4.45. The summed E-state index contributed by atoms with van der Waals surface area (Å²) in [4.78, 5) is 0. The Hall–Kier alpha value is -2.24. The predicted molar refractivity (Wildman–Crippen MR) is 66.7 cm³/mol. The first-order valence-corrected chi connectivity index (χ1v) is 5.84. The SMILES string of the molecule is Fc1cc(F)c(F)c(OCCNc2ccccc2)c1F. The third kappa shape index (κ3) is 3.20. The molecule has 0 aliphatic carbocycles. The van der Waals surface area contributed by atoms with Gasteiger partial charge in [-0.15, -0.1) is 0 Å². The Morgan fingerprint density at radius 1 is 0.900 bits per heavy atom. The van der Waals surface area contributed by atoms with E-state index in [9.17, 15) is 17.6 Å². The largest absolute Gasteiger partial charge is 0.486 e. The molecule has 0 saturated carbocycles. The summed E-state index contributed by atoms with van der Waals surface area (Å²) in [7, 11) is 0. The minimum Gasteiger partial charge on any atom is -0.486 e. The number of nitrogens with one attached hydrogen (secondary N) is 1. The molecule has 0 saturated heterocycles. The fourth-order valence-corrected chi connectivity index (χ4v) is 1.58. The van der Waals surface area contributed by atoms with Gasteiger partial charge in [-0.1, -0.05) is 18.2 Å². The van der Waals surface area contributed by atoms with Gasteiger partial charge in [0.2, 0.25) is 11.6 Å². The van der Waals surface area contributed by atoms with E-state index in [-0.39, 0.29) is 19.2 Å². The molecule has 0 spiro atoms. The van der Waals surface area contributed by atoms with Crippen LogP contribution in [0, 0.1) is 23.3 Å². The topological polar surface area (TPSA) is 21.3 Å². The molecule has 0 radical (unpaired) electrons. The smallest absolute Gasteiger partial charge is 0.203 e. The highest BCUT2D eigenvalue weighted by Gasteiger charge is 2.20. The average molecular weight is 285 g/mol. The zero-order valence-corrected chi connectivity index (χ0v) is 10.3. The number of benzene rings is 2. The van der Waals surface area contributed by atoms with Crippen molar-refractivity contribution in [2.75, 3.05) is 18.5 Å². The standard InChI is InChI=1S/C14H11F4NO/c15-10-8-11(16)13(18)14(12(10)17)20-7-6-19-9-4-2-1-3-5-9/h1-5,8,19H,6-7H2. The van der Waals surface area contributed by atoms with Crippen molar-refractivity contribution in [3.8, 4) is 5.75 Å². The third-order valence-electron chi connectivity index (χ3n) is 2.52. The summed E-state index contributed by atoms with van der Waals surface area (Å²) in [6, 6.07) is 9.18. The third-order valence-corrected chi connectivity index (χ3v) is 2.52. The fraction of sp³-hybridized carbons (Fsp3) is 0.143. The van der Waals surface area contributed by atoms with Crippen molar-refractivity contribution in [1.82, 2.24) is 0 Å². The lowest BCUT2D eigenvalue weighted by Gasteiger charge is -2.10. The molecule has 0 aromatic heterocycles. The Labute approximate surface area is 113 Å². The van der Waals surface area contributed by atoms with E-state index in [1.807, 2.05) is 18.2 Å². The number of ether oxygens (including phenoxy) is 1. The van der Waals surface area contributed by atoms with Crippen molar-refractivity contribution in [3.05, 3.63) is 59.7 Å². The van der Waals surface area contributed by atoms with E-state index in [2.05, 4.69) is 5.32 Å². The molecule has 106 valence electrons. The van der Waals surface area contributed by atoms with E-state index in [1.54, 1.807) is 12.1 Å². The second-order valence-corrected chi connectivity index (χ2v) is 3.94. The second-order valence-electron chi connectivity index (χ2n) is 3.94. The van der Waals surface area contributed by atoms with Gasteiger partial charge in [-0.2, -0.15) is 8.78 Å². The molecule has 0 unspecified atom stereocenters. The van der Waals surface area contributed by atoms with Gasteiger partial charge >= 0.3 is 0 Å². The van der Waals surface area contributed by atoms with Crippen LogP contribution in [0.5, 0.6) is 5.75 Å². The number of rotatable bonds is 5. The van der Waals surface area contributed by atoms with E-state index in [0.29, 0.717) is 0 Å². The molecule has 0 fully saturated rings. The monoisotopic (exact) mass is 285 g/mol. The van der Waals surface area contributed by atoms with Crippen LogP contribution in [0.1, 0.15) is 0 Å². The van der Waals surface area contributed by atoms with E-state index in [1.165, 1.54) is 0 Å². The predicted octanol–water partition coefficient (Wildman–Crippen LogP) is 3.73. The van der Waals surface area contributed by atoms with Gasteiger partial charge in [0.25, 0.3) is 0 Å². The molecule has 0 amide bonds. The number of hydrogen-bond donors (Lipinski definition) is 1. The Bertz CT molecular complexity index is 563. The summed E-state index contributed by atoms with van der Waals surface area (Å²) in [5, 5.41) is 2.93. The normalized spacial score (nSPS) is 10.4. The van der Waals surface area contributed by atoms with Crippen molar-refractivity contribution in [2.24, 2.45) is 0 Å². The minimum atomic E-state index is -1.54. The van der Waals surface area contributed by atoms with Gasteiger partial charge in [0.1, 0.15) is 6.61 Å². The lowest BCUT2D eigenvalue weighted by atomic mass is 10.3. The van der Waals surface area contributed by atoms with Crippen molar-refractivity contribution in [1.29, 1.82) is 0 Å². The van der Waals surface area contributed by atoms with Crippen LogP contribution in [-0.4, -0.2) is 13.2 Å². The number of hydrogen-bond acceptors (Lipinski definition) is 2. The molecule has 2 rings (SSSR count). The van der Waals surface area contributed by atoms with E-state index < -0.39 is 29.0 Å². The van der Waals surface area contributed by atoms with Crippen LogP contribution in [0.25, 0.3) is 0 Å². The summed E-state index contributed by atoms with van der Waals surface area (Å²) >= 11 is 0. The molecule has 0 heterocycles. The van der Waals surface area contributed by atoms with E-state index in [4.69, 9.17) is 4.74 Å². The average Bonchev–Trinajstić information content (AvgIpc) is 2.45. The number of para-hydroxylation sites is 1. The van der Waals surface area contributed by atoms with Gasteiger partial charge in [-0.3, -0.25) is 0 Å². The van der Waals surface area contributed by atoms with E-state index in [0.717, 1.165) is 5.69 Å². The minimum absolute atomic E-state index is 0.139. The molecule has 2 aromatic carbocycles. The maximum absolute atomic E-state index is 13.3. The first kappa shape index (κ1) is 14.2. The molecule has 6 heteroatoms. The van der Waals surface area contributed by atoms with Crippen LogP contribution in [0.15, 0.2) is 36.4 Å². The summed E-state index contributed by atoms with van der Waals surface area (Å²) in [6.45, 7) is 0.0760. The Morgan fingerprint density at radius 3 is 2.10 bits per heavy atom. The Morgan fingerprint density at radius 2 is 1.50 bits per heavy atom. The van der Waals surface area contributed by atoms with Gasteiger partial charge in [0.15, 0.2) is 17.4 Å². The zero-order chi connectivity index (χ0) is 14.5. The van der Waals surface area contributed by atoms with Crippen LogP contribution in [-0.2, 0) is 0 Å². The van der Waals surface area contributed by atoms with Crippen LogP contribution >= 0.6 is 0 Å². The molecule has 0 atom stereocenters. The maximum Gasteiger partial charge on any atom is 0.203 e. The molecule has 0 bridgehead atoms. The second kappa shape index (κ2) is 6.27. The molecular formula is C14H11F4NO.